The van der Waals surface area contributed by atoms with Crippen LogP contribution in [0.25, 0.3) is 0 Å². The second kappa shape index (κ2) is 7.94. The summed E-state index contributed by atoms with van der Waals surface area (Å²) in [6.07, 6.45) is 1.57. The number of rotatable bonds is 5. The minimum atomic E-state index is -3.83. The molecule has 0 unspecified atom stereocenters. The van der Waals surface area contributed by atoms with E-state index in [1.807, 2.05) is 53.6 Å². The lowest BCUT2D eigenvalue weighted by atomic mass is 10.2. The van der Waals surface area contributed by atoms with E-state index in [-0.39, 0.29) is 24.0 Å². The average Bonchev–Trinajstić information content (AvgIpc) is 3.23. The van der Waals surface area contributed by atoms with Crippen molar-refractivity contribution in [3.8, 4) is 0 Å². The topological polar surface area (TPSA) is 82.6 Å². The number of sulfonamides is 1. The molecule has 1 aromatic carbocycles. The molecule has 0 radical (unpaired) electrons. The molecule has 2 aromatic heterocycles. The zero-order chi connectivity index (χ0) is 20.4. The number of hydrogen-bond acceptors (Lipinski definition) is 6. The lowest BCUT2D eigenvalue weighted by molar-refractivity contribution is -0.121. The molecular weight excluding hydrogens is 408 g/mol. The number of anilines is 2. The molecule has 9 heteroatoms. The number of nitrogens with zero attached hydrogens (tertiary/aromatic N) is 3. The van der Waals surface area contributed by atoms with Gasteiger partial charge in [-0.2, -0.15) is 4.31 Å². The second-order valence-corrected chi connectivity index (χ2v) is 9.64. The van der Waals surface area contributed by atoms with Crippen molar-refractivity contribution >= 4 is 38.8 Å². The van der Waals surface area contributed by atoms with Crippen molar-refractivity contribution in [2.24, 2.45) is 0 Å². The number of thiophene rings is 1. The standard InChI is InChI=1S/C20H20N4O3S2/c1-15-6-8-16(9-7-15)24-14-23(13-19(25)22-12-17-4-3-11-28-17)29(26,27)18-5-2-10-21-20(18)24/h2-11H,12-14H2,1H3,(H,22,25). The number of amides is 1. The number of nitrogens with one attached hydrogen (secondary N) is 1. The molecule has 0 spiro atoms. The molecule has 3 heterocycles. The molecule has 3 aromatic rings. The van der Waals surface area contributed by atoms with Crippen molar-refractivity contribution in [3.05, 3.63) is 70.5 Å². The average molecular weight is 429 g/mol. The Morgan fingerprint density at radius 1 is 1.17 bits per heavy atom. The maximum atomic E-state index is 13.1. The van der Waals surface area contributed by atoms with Crippen molar-refractivity contribution in [1.82, 2.24) is 14.6 Å². The third kappa shape index (κ3) is 4.02. The lowest BCUT2D eigenvalue weighted by Gasteiger charge is -2.36. The third-order valence-corrected chi connectivity index (χ3v) is 7.30. The fraction of sp³-hybridized carbons (Fsp3) is 0.200. The van der Waals surface area contributed by atoms with E-state index in [9.17, 15) is 13.2 Å². The lowest BCUT2D eigenvalue weighted by Crippen LogP contribution is -2.48. The largest absolute Gasteiger partial charge is 0.350 e. The normalized spacial score (nSPS) is 15.7. The predicted molar refractivity (Wildman–Crippen MR) is 112 cm³/mol. The number of benzene rings is 1. The van der Waals surface area contributed by atoms with Crippen molar-refractivity contribution in [2.75, 3.05) is 18.1 Å². The van der Waals surface area contributed by atoms with Gasteiger partial charge in [-0.15, -0.1) is 11.3 Å². The first-order valence-electron chi connectivity index (χ1n) is 9.03. The van der Waals surface area contributed by atoms with Crippen molar-refractivity contribution < 1.29 is 13.2 Å². The summed E-state index contributed by atoms with van der Waals surface area (Å²) in [5, 5.41) is 4.72. The number of pyridine rings is 1. The van der Waals surface area contributed by atoms with E-state index in [1.54, 1.807) is 12.3 Å². The van der Waals surface area contributed by atoms with Crippen LogP contribution in [0, 0.1) is 6.92 Å². The van der Waals surface area contributed by atoms with Crippen LogP contribution in [0.5, 0.6) is 0 Å². The number of carbonyl (C=O) groups is 1. The number of fused-ring (bicyclic) bond motifs is 1. The fourth-order valence-electron chi connectivity index (χ4n) is 3.10. The predicted octanol–water partition coefficient (Wildman–Crippen LogP) is 2.87. The summed E-state index contributed by atoms with van der Waals surface area (Å²) in [5.74, 6) is 0.0183. The molecule has 7 nitrogen and oxygen atoms in total. The van der Waals surface area contributed by atoms with E-state index in [1.165, 1.54) is 21.7 Å². The fourth-order valence-corrected chi connectivity index (χ4v) is 5.23. The van der Waals surface area contributed by atoms with Crippen LogP contribution in [0.1, 0.15) is 10.4 Å². The summed E-state index contributed by atoms with van der Waals surface area (Å²) in [6, 6.07) is 14.7. The van der Waals surface area contributed by atoms with Gasteiger partial charge in [0.2, 0.25) is 15.9 Å². The van der Waals surface area contributed by atoms with E-state index < -0.39 is 10.0 Å². The number of aromatic nitrogens is 1. The molecule has 0 fully saturated rings. The van der Waals surface area contributed by atoms with Crippen LogP contribution in [0.15, 0.2) is 65.0 Å². The van der Waals surface area contributed by atoms with Gasteiger partial charge in [0.1, 0.15) is 4.90 Å². The Labute approximate surface area is 173 Å². The van der Waals surface area contributed by atoms with Crippen LogP contribution in [0.4, 0.5) is 11.5 Å². The number of hydrogen-bond donors (Lipinski definition) is 1. The molecule has 0 atom stereocenters. The van der Waals surface area contributed by atoms with Crippen molar-refractivity contribution in [3.63, 3.8) is 0 Å². The van der Waals surface area contributed by atoms with E-state index in [4.69, 9.17) is 0 Å². The highest BCUT2D eigenvalue weighted by molar-refractivity contribution is 7.89. The van der Waals surface area contributed by atoms with Gasteiger partial charge in [0.15, 0.2) is 5.82 Å². The first kappa shape index (κ1) is 19.6. The first-order valence-corrected chi connectivity index (χ1v) is 11.4. The van der Waals surface area contributed by atoms with Gasteiger partial charge >= 0.3 is 0 Å². The van der Waals surface area contributed by atoms with Gasteiger partial charge in [-0.1, -0.05) is 23.8 Å². The molecular formula is C20H20N4O3S2. The Kier molecular flexibility index (Phi) is 5.35. The van der Waals surface area contributed by atoms with Crippen LogP contribution in [0.2, 0.25) is 0 Å². The zero-order valence-electron chi connectivity index (χ0n) is 15.8. The van der Waals surface area contributed by atoms with Gasteiger partial charge in [-0.25, -0.2) is 13.4 Å². The highest BCUT2D eigenvalue weighted by Gasteiger charge is 2.37. The zero-order valence-corrected chi connectivity index (χ0v) is 17.4. The molecule has 1 amide bonds. The summed E-state index contributed by atoms with van der Waals surface area (Å²) >= 11 is 1.54. The molecule has 29 heavy (non-hydrogen) atoms. The Morgan fingerprint density at radius 2 is 1.97 bits per heavy atom. The smallest absolute Gasteiger partial charge is 0.248 e. The van der Waals surface area contributed by atoms with E-state index in [0.29, 0.717) is 12.4 Å². The van der Waals surface area contributed by atoms with Gasteiger partial charge in [0, 0.05) is 16.8 Å². The van der Waals surface area contributed by atoms with Gasteiger partial charge in [-0.3, -0.25) is 4.79 Å². The maximum absolute atomic E-state index is 13.1. The first-order chi connectivity index (χ1) is 13.9. The van der Waals surface area contributed by atoms with Crippen LogP contribution in [-0.4, -0.2) is 36.8 Å². The van der Waals surface area contributed by atoms with E-state index >= 15 is 0 Å². The van der Waals surface area contributed by atoms with E-state index in [2.05, 4.69) is 10.3 Å². The maximum Gasteiger partial charge on any atom is 0.248 e. The summed E-state index contributed by atoms with van der Waals surface area (Å²) in [5.41, 5.74) is 1.92. The highest BCUT2D eigenvalue weighted by atomic mass is 32.2. The van der Waals surface area contributed by atoms with Crippen LogP contribution in [0.3, 0.4) is 0 Å². The van der Waals surface area contributed by atoms with Crippen LogP contribution < -0.4 is 10.2 Å². The molecule has 1 aliphatic rings. The minimum Gasteiger partial charge on any atom is -0.350 e. The molecule has 0 aliphatic carbocycles. The molecule has 0 saturated carbocycles. The van der Waals surface area contributed by atoms with Crippen LogP contribution in [-0.2, 0) is 21.4 Å². The van der Waals surface area contributed by atoms with Crippen LogP contribution >= 0.6 is 11.3 Å². The Hall–Kier alpha value is -2.75. The quantitative estimate of drug-likeness (QED) is 0.676. The van der Waals surface area contributed by atoms with Gasteiger partial charge in [-0.05, 0) is 42.6 Å². The SMILES string of the molecule is Cc1ccc(N2CN(CC(=O)NCc3cccs3)S(=O)(=O)c3cccnc32)cc1. The van der Waals surface area contributed by atoms with Gasteiger partial charge < -0.3 is 10.2 Å². The number of carbonyl (C=O) groups excluding carboxylic acids is 1. The Morgan fingerprint density at radius 3 is 2.69 bits per heavy atom. The Bertz CT molecular complexity index is 1110. The summed E-state index contributed by atoms with van der Waals surface area (Å²) in [7, 11) is -3.83. The molecule has 150 valence electrons. The molecule has 4 rings (SSSR count). The molecule has 1 N–H and O–H groups in total. The highest BCUT2D eigenvalue weighted by Crippen LogP contribution is 2.35. The second-order valence-electron chi connectivity index (χ2n) is 6.70. The van der Waals surface area contributed by atoms with Gasteiger partial charge in [0.05, 0.1) is 19.8 Å². The third-order valence-electron chi connectivity index (χ3n) is 4.63. The van der Waals surface area contributed by atoms with E-state index in [0.717, 1.165) is 16.1 Å². The van der Waals surface area contributed by atoms with Crippen molar-refractivity contribution in [1.29, 1.82) is 0 Å². The summed E-state index contributed by atoms with van der Waals surface area (Å²) in [6.45, 7) is 2.12. The Balaban J connectivity index is 1.61. The van der Waals surface area contributed by atoms with Gasteiger partial charge in [0.25, 0.3) is 0 Å². The minimum absolute atomic E-state index is 0.0157. The van der Waals surface area contributed by atoms with Crippen molar-refractivity contribution in [2.45, 2.75) is 18.4 Å². The number of aryl methyl sites for hydroxylation is 1. The molecule has 0 saturated heterocycles. The monoisotopic (exact) mass is 428 g/mol. The summed E-state index contributed by atoms with van der Waals surface area (Å²) in [4.78, 5) is 19.7. The summed E-state index contributed by atoms with van der Waals surface area (Å²) < 4.78 is 27.4. The molecule has 1 aliphatic heterocycles. The molecule has 0 bridgehead atoms.